The topological polar surface area (TPSA) is 29.5 Å². The summed E-state index contributed by atoms with van der Waals surface area (Å²) >= 11 is 3.47. The second-order valence-electron chi connectivity index (χ2n) is 4.02. The van der Waals surface area contributed by atoms with Crippen LogP contribution in [0.3, 0.4) is 0 Å². The number of benzene rings is 1. The van der Waals surface area contributed by atoms with Gasteiger partial charge in [-0.25, -0.2) is 0 Å². The van der Waals surface area contributed by atoms with Crippen molar-refractivity contribution in [2.24, 2.45) is 5.92 Å². The number of rotatable bonds is 1. The maximum atomic E-state index is 9.21. The monoisotopic (exact) mass is 266 g/mol. The average molecular weight is 267 g/mol. The van der Waals surface area contributed by atoms with E-state index in [9.17, 15) is 5.11 Å². The molecule has 0 spiro atoms. The summed E-state index contributed by atoms with van der Waals surface area (Å²) in [4.78, 5) is 0. The molecule has 78 valence electrons. The minimum atomic E-state index is 0.0966. The molecule has 3 atom stereocenters. The van der Waals surface area contributed by atoms with Gasteiger partial charge in [-0.1, -0.05) is 28.1 Å². The fourth-order valence-electron chi connectivity index (χ4n) is 2.39. The van der Waals surface area contributed by atoms with E-state index < -0.39 is 0 Å². The van der Waals surface area contributed by atoms with Gasteiger partial charge in [-0.15, -0.1) is 0 Å². The fraction of sp³-hybridized carbons (Fsp3) is 0.333. The Balaban J connectivity index is 2.02. The van der Waals surface area contributed by atoms with Crippen molar-refractivity contribution in [2.45, 2.75) is 12.0 Å². The molecule has 15 heavy (non-hydrogen) atoms. The van der Waals surface area contributed by atoms with E-state index in [1.54, 1.807) is 0 Å². The molecule has 3 heteroatoms. The van der Waals surface area contributed by atoms with E-state index in [4.69, 9.17) is 4.74 Å². The van der Waals surface area contributed by atoms with Gasteiger partial charge in [-0.2, -0.15) is 0 Å². The van der Waals surface area contributed by atoms with Crippen molar-refractivity contribution in [1.82, 2.24) is 0 Å². The van der Waals surface area contributed by atoms with E-state index in [-0.39, 0.29) is 18.6 Å². The zero-order valence-corrected chi connectivity index (χ0v) is 9.65. The fourth-order valence-corrected chi connectivity index (χ4v) is 2.77. The molecular formula is C12H11BrO2. The number of hydrogen-bond donors (Lipinski definition) is 1. The van der Waals surface area contributed by atoms with Gasteiger partial charge in [-0.05, 0) is 18.2 Å². The summed E-state index contributed by atoms with van der Waals surface area (Å²) in [5.41, 5.74) is 1.22. The Morgan fingerprint density at radius 2 is 2.20 bits per heavy atom. The van der Waals surface area contributed by atoms with E-state index in [1.807, 2.05) is 12.1 Å². The third kappa shape index (κ3) is 1.34. The lowest BCUT2D eigenvalue weighted by Gasteiger charge is -2.16. The average Bonchev–Trinajstić information content (AvgIpc) is 2.76. The first-order valence-electron chi connectivity index (χ1n) is 5.05. The minimum absolute atomic E-state index is 0.0966. The van der Waals surface area contributed by atoms with Crippen LogP contribution in [0.4, 0.5) is 0 Å². The summed E-state index contributed by atoms with van der Waals surface area (Å²) in [5.74, 6) is 1.41. The van der Waals surface area contributed by atoms with Crippen LogP contribution in [0.5, 0.6) is 5.75 Å². The molecule has 1 aliphatic heterocycles. The Labute approximate surface area is 96.7 Å². The van der Waals surface area contributed by atoms with Crippen LogP contribution in [0.25, 0.3) is 0 Å². The SMILES string of the molecule is OCC1C=C[C@@H]2c3cc(Br)ccc3O[C@H]12. The highest BCUT2D eigenvalue weighted by atomic mass is 79.9. The maximum absolute atomic E-state index is 9.21. The summed E-state index contributed by atoms with van der Waals surface area (Å²) in [6.45, 7) is 0.160. The molecule has 1 aromatic rings. The van der Waals surface area contributed by atoms with Gasteiger partial charge in [0.25, 0.3) is 0 Å². The Kier molecular flexibility index (Phi) is 2.11. The number of ether oxygens (including phenoxy) is 1. The smallest absolute Gasteiger partial charge is 0.123 e. The highest BCUT2D eigenvalue weighted by molar-refractivity contribution is 9.10. The van der Waals surface area contributed by atoms with E-state index in [2.05, 4.69) is 34.1 Å². The molecule has 0 fully saturated rings. The number of aliphatic hydroxyl groups excluding tert-OH is 1. The van der Waals surface area contributed by atoms with Gasteiger partial charge in [-0.3, -0.25) is 0 Å². The molecule has 0 saturated heterocycles. The molecule has 2 nitrogen and oxygen atoms in total. The van der Waals surface area contributed by atoms with E-state index >= 15 is 0 Å². The third-order valence-corrected chi connectivity index (χ3v) is 3.64. The first-order valence-corrected chi connectivity index (χ1v) is 5.84. The molecule has 0 aromatic heterocycles. The van der Waals surface area contributed by atoms with Crippen molar-refractivity contribution in [3.63, 3.8) is 0 Å². The van der Waals surface area contributed by atoms with Gasteiger partial charge in [0.15, 0.2) is 0 Å². The number of aliphatic hydroxyl groups is 1. The van der Waals surface area contributed by atoms with Gasteiger partial charge >= 0.3 is 0 Å². The lowest BCUT2D eigenvalue weighted by atomic mass is 9.95. The predicted molar refractivity (Wildman–Crippen MR) is 61.0 cm³/mol. The van der Waals surface area contributed by atoms with Crippen LogP contribution < -0.4 is 4.74 Å². The quantitative estimate of drug-likeness (QED) is 0.792. The molecule has 1 unspecified atom stereocenters. The van der Waals surface area contributed by atoms with Crippen molar-refractivity contribution in [2.75, 3.05) is 6.61 Å². The van der Waals surface area contributed by atoms with Crippen molar-refractivity contribution in [3.8, 4) is 5.75 Å². The highest BCUT2D eigenvalue weighted by Gasteiger charge is 2.40. The van der Waals surface area contributed by atoms with Crippen molar-refractivity contribution in [1.29, 1.82) is 0 Å². The van der Waals surface area contributed by atoms with Crippen LogP contribution in [0.1, 0.15) is 11.5 Å². The van der Waals surface area contributed by atoms with Crippen LogP contribution in [-0.4, -0.2) is 17.8 Å². The lowest BCUT2D eigenvalue weighted by molar-refractivity contribution is 0.131. The van der Waals surface area contributed by atoms with Crippen LogP contribution in [-0.2, 0) is 0 Å². The molecule has 0 bridgehead atoms. The van der Waals surface area contributed by atoms with Gasteiger partial charge in [0.05, 0.1) is 6.61 Å². The van der Waals surface area contributed by atoms with E-state index in [0.717, 1.165) is 10.2 Å². The van der Waals surface area contributed by atoms with Crippen LogP contribution >= 0.6 is 15.9 Å². The third-order valence-electron chi connectivity index (χ3n) is 3.15. The van der Waals surface area contributed by atoms with Gasteiger partial charge in [0.1, 0.15) is 11.9 Å². The minimum Gasteiger partial charge on any atom is -0.488 e. The first kappa shape index (κ1) is 9.43. The molecule has 0 radical (unpaired) electrons. The Morgan fingerprint density at radius 1 is 1.33 bits per heavy atom. The van der Waals surface area contributed by atoms with Gasteiger partial charge in [0.2, 0.25) is 0 Å². The zero-order chi connectivity index (χ0) is 10.4. The molecule has 0 saturated carbocycles. The lowest BCUT2D eigenvalue weighted by Crippen LogP contribution is -2.24. The van der Waals surface area contributed by atoms with Crippen LogP contribution in [0.2, 0.25) is 0 Å². The summed E-state index contributed by atoms with van der Waals surface area (Å²) in [5, 5.41) is 9.21. The first-order chi connectivity index (χ1) is 7.29. The number of fused-ring (bicyclic) bond motifs is 3. The normalized spacial score (nSPS) is 31.2. The Hall–Kier alpha value is -0.800. The number of hydrogen-bond acceptors (Lipinski definition) is 2. The van der Waals surface area contributed by atoms with Crippen molar-refractivity contribution >= 4 is 15.9 Å². The standard InChI is InChI=1S/C12H11BrO2/c13-8-2-4-11-10(5-8)9-3-1-7(6-14)12(9)15-11/h1-5,7,9,12,14H,6H2/t7?,9-,12-/m1/s1. The predicted octanol–water partition coefficient (Wildman–Crippen LogP) is 2.47. The summed E-state index contributed by atoms with van der Waals surface area (Å²) in [6.07, 6.45) is 4.29. The summed E-state index contributed by atoms with van der Waals surface area (Å²) < 4.78 is 6.92. The van der Waals surface area contributed by atoms with E-state index in [1.165, 1.54) is 5.56 Å². The maximum Gasteiger partial charge on any atom is 0.123 e. The van der Waals surface area contributed by atoms with Crippen molar-refractivity contribution < 1.29 is 9.84 Å². The Bertz CT molecular complexity index is 428. The summed E-state index contributed by atoms with van der Waals surface area (Å²) in [6, 6.07) is 6.07. The van der Waals surface area contributed by atoms with Crippen molar-refractivity contribution in [3.05, 3.63) is 40.4 Å². The summed E-state index contributed by atoms with van der Waals surface area (Å²) in [7, 11) is 0. The molecule has 3 rings (SSSR count). The zero-order valence-electron chi connectivity index (χ0n) is 8.06. The molecule has 1 aromatic carbocycles. The molecule has 1 heterocycles. The second kappa shape index (κ2) is 3.35. The van der Waals surface area contributed by atoms with E-state index in [0.29, 0.717) is 5.92 Å². The largest absolute Gasteiger partial charge is 0.488 e. The van der Waals surface area contributed by atoms with Gasteiger partial charge in [0, 0.05) is 21.9 Å². The molecule has 1 N–H and O–H groups in total. The molecular weight excluding hydrogens is 256 g/mol. The van der Waals surface area contributed by atoms with Gasteiger partial charge < -0.3 is 9.84 Å². The molecule has 1 aliphatic carbocycles. The molecule has 2 aliphatic rings. The molecule has 0 amide bonds. The Morgan fingerprint density at radius 3 is 3.00 bits per heavy atom. The van der Waals surface area contributed by atoms with Crippen LogP contribution in [0.15, 0.2) is 34.8 Å². The second-order valence-corrected chi connectivity index (χ2v) is 4.94. The highest BCUT2D eigenvalue weighted by Crippen LogP contribution is 2.46. The van der Waals surface area contributed by atoms with Crippen LogP contribution in [0, 0.1) is 5.92 Å². The number of halogens is 1.